The van der Waals surface area contributed by atoms with E-state index < -0.39 is 0 Å². The van der Waals surface area contributed by atoms with Crippen LogP contribution in [0.5, 0.6) is 5.75 Å². The lowest BCUT2D eigenvalue weighted by Gasteiger charge is -2.38. The van der Waals surface area contributed by atoms with Crippen LogP contribution in [0.2, 0.25) is 0 Å². The molecule has 1 fully saturated rings. The summed E-state index contributed by atoms with van der Waals surface area (Å²) in [6.07, 6.45) is -0.182. The third kappa shape index (κ3) is 6.14. The molecule has 5 nitrogen and oxygen atoms in total. The molecule has 2 N–H and O–H groups in total. The maximum atomic E-state index is 13.5. The van der Waals surface area contributed by atoms with Crippen molar-refractivity contribution in [1.29, 1.82) is 0 Å². The van der Waals surface area contributed by atoms with Crippen LogP contribution in [-0.4, -0.2) is 45.4 Å². The van der Waals surface area contributed by atoms with Gasteiger partial charge in [-0.25, -0.2) is 4.39 Å². The predicted octanol–water partition coefficient (Wildman–Crippen LogP) is 2.41. The number of hydrogen-bond donors (Lipinski definition) is 2. The van der Waals surface area contributed by atoms with Crippen LogP contribution in [0, 0.1) is 11.2 Å². The molecule has 1 unspecified atom stereocenters. The van der Waals surface area contributed by atoms with Crippen molar-refractivity contribution in [2.45, 2.75) is 20.0 Å². The Bertz CT molecular complexity index is 524. The van der Waals surface area contributed by atoms with E-state index in [0.29, 0.717) is 12.5 Å². The number of nitrogens with one attached hydrogen (secondary N) is 2. The Balaban J connectivity index is 0.00000264. The number of ether oxygens (including phenoxy) is 2. The lowest BCUT2D eigenvalue weighted by atomic mass is 9.89. The molecule has 0 aromatic heterocycles. The first kappa shape index (κ1) is 20.0. The van der Waals surface area contributed by atoms with Gasteiger partial charge in [0.1, 0.15) is 6.10 Å². The summed E-state index contributed by atoms with van der Waals surface area (Å²) >= 11 is 0. The second-order valence-corrected chi connectivity index (χ2v) is 5.97. The second kappa shape index (κ2) is 9.27. The zero-order chi connectivity index (χ0) is 16.0. The fourth-order valence-electron chi connectivity index (χ4n) is 2.11. The fourth-order valence-corrected chi connectivity index (χ4v) is 2.11. The number of guanidine groups is 1. The van der Waals surface area contributed by atoms with Crippen LogP contribution in [0.3, 0.4) is 0 Å². The highest BCUT2D eigenvalue weighted by molar-refractivity contribution is 14.0. The molecule has 23 heavy (non-hydrogen) atoms. The SMILES string of the molecule is CN=C(NCC(C)Oc1ccccc1F)NCC1(C)COC1.I. The van der Waals surface area contributed by atoms with Gasteiger partial charge in [0.15, 0.2) is 17.5 Å². The van der Waals surface area contributed by atoms with Gasteiger partial charge in [-0.05, 0) is 19.1 Å². The molecule has 0 radical (unpaired) electrons. The Morgan fingerprint density at radius 1 is 1.39 bits per heavy atom. The first-order valence-corrected chi connectivity index (χ1v) is 7.46. The molecule has 1 atom stereocenters. The van der Waals surface area contributed by atoms with E-state index >= 15 is 0 Å². The van der Waals surface area contributed by atoms with E-state index in [1.54, 1.807) is 25.2 Å². The minimum absolute atomic E-state index is 0. The molecule has 0 aliphatic carbocycles. The van der Waals surface area contributed by atoms with E-state index in [2.05, 4.69) is 22.5 Å². The zero-order valence-corrected chi connectivity index (χ0v) is 16.1. The van der Waals surface area contributed by atoms with Crippen molar-refractivity contribution >= 4 is 29.9 Å². The van der Waals surface area contributed by atoms with Crippen molar-refractivity contribution in [3.8, 4) is 5.75 Å². The molecule has 1 aliphatic heterocycles. The molecule has 1 heterocycles. The van der Waals surface area contributed by atoms with Gasteiger partial charge in [-0.1, -0.05) is 19.1 Å². The van der Waals surface area contributed by atoms with Crippen molar-refractivity contribution in [2.75, 3.05) is 33.4 Å². The van der Waals surface area contributed by atoms with E-state index in [1.807, 2.05) is 6.92 Å². The van der Waals surface area contributed by atoms with Crippen molar-refractivity contribution in [3.63, 3.8) is 0 Å². The van der Waals surface area contributed by atoms with E-state index in [0.717, 1.165) is 19.8 Å². The van der Waals surface area contributed by atoms with Crippen molar-refractivity contribution in [3.05, 3.63) is 30.1 Å². The van der Waals surface area contributed by atoms with Gasteiger partial charge in [0.25, 0.3) is 0 Å². The molecule has 1 aromatic rings. The van der Waals surface area contributed by atoms with Crippen LogP contribution in [0.25, 0.3) is 0 Å². The van der Waals surface area contributed by atoms with Crippen molar-refractivity contribution < 1.29 is 13.9 Å². The quantitative estimate of drug-likeness (QED) is 0.408. The average Bonchev–Trinajstić information content (AvgIpc) is 2.48. The average molecular weight is 437 g/mol. The normalized spacial score (nSPS) is 17.5. The summed E-state index contributed by atoms with van der Waals surface area (Å²) in [4.78, 5) is 4.17. The van der Waals surface area contributed by atoms with Gasteiger partial charge in [-0.15, -0.1) is 24.0 Å². The van der Waals surface area contributed by atoms with E-state index in [9.17, 15) is 4.39 Å². The predicted molar refractivity (Wildman–Crippen MR) is 100 cm³/mol. The van der Waals surface area contributed by atoms with Crippen molar-refractivity contribution in [1.82, 2.24) is 10.6 Å². The minimum Gasteiger partial charge on any atom is -0.486 e. The zero-order valence-electron chi connectivity index (χ0n) is 13.8. The smallest absolute Gasteiger partial charge is 0.191 e. The Morgan fingerprint density at radius 2 is 2.09 bits per heavy atom. The van der Waals surface area contributed by atoms with Gasteiger partial charge in [-0.2, -0.15) is 0 Å². The van der Waals surface area contributed by atoms with Crippen LogP contribution in [-0.2, 0) is 4.74 Å². The highest BCUT2D eigenvalue weighted by Crippen LogP contribution is 2.24. The molecule has 0 spiro atoms. The number of nitrogens with zero attached hydrogens (tertiary/aromatic N) is 1. The molecule has 0 bridgehead atoms. The molecular weight excluding hydrogens is 412 g/mol. The molecular formula is C16H25FIN3O2. The first-order valence-electron chi connectivity index (χ1n) is 7.46. The van der Waals surface area contributed by atoms with Crippen LogP contribution < -0.4 is 15.4 Å². The number of para-hydroxylation sites is 1. The van der Waals surface area contributed by atoms with Crippen LogP contribution >= 0.6 is 24.0 Å². The maximum Gasteiger partial charge on any atom is 0.191 e. The molecule has 0 saturated carbocycles. The monoisotopic (exact) mass is 437 g/mol. The standard InChI is InChI=1S/C16H24FN3O2.HI/c1-12(22-14-7-5-4-6-13(14)17)8-19-15(18-3)20-9-16(2)10-21-11-16;/h4-7,12H,8-11H2,1-3H3,(H2,18,19,20);1H. The molecule has 7 heteroatoms. The highest BCUT2D eigenvalue weighted by Gasteiger charge is 2.33. The summed E-state index contributed by atoms with van der Waals surface area (Å²) in [6, 6.07) is 6.40. The summed E-state index contributed by atoms with van der Waals surface area (Å²) in [5, 5.41) is 6.45. The van der Waals surface area contributed by atoms with E-state index in [1.165, 1.54) is 6.07 Å². The molecule has 1 aromatic carbocycles. The van der Waals surface area contributed by atoms with Gasteiger partial charge in [-0.3, -0.25) is 4.99 Å². The van der Waals surface area contributed by atoms with Crippen LogP contribution in [0.15, 0.2) is 29.3 Å². The summed E-state index contributed by atoms with van der Waals surface area (Å²) < 4.78 is 24.3. The number of rotatable bonds is 6. The molecule has 130 valence electrons. The Morgan fingerprint density at radius 3 is 2.65 bits per heavy atom. The van der Waals surface area contributed by atoms with Crippen molar-refractivity contribution in [2.24, 2.45) is 10.4 Å². The van der Waals surface area contributed by atoms with Gasteiger partial charge >= 0.3 is 0 Å². The second-order valence-electron chi connectivity index (χ2n) is 5.97. The number of hydrogen-bond acceptors (Lipinski definition) is 3. The van der Waals surface area contributed by atoms with Gasteiger partial charge in [0.2, 0.25) is 0 Å². The van der Waals surface area contributed by atoms with E-state index in [-0.39, 0.29) is 47.1 Å². The largest absolute Gasteiger partial charge is 0.486 e. The molecule has 1 saturated heterocycles. The minimum atomic E-state index is -0.352. The number of benzene rings is 1. The number of halogens is 2. The van der Waals surface area contributed by atoms with Crippen LogP contribution in [0.4, 0.5) is 4.39 Å². The third-order valence-corrected chi connectivity index (χ3v) is 3.53. The lowest BCUT2D eigenvalue weighted by Crippen LogP contribution is -2.51. The third-order valence-electron chi connectivity index (χ3n) is 3.53. The Kier molecular flexibility index (Phi) is 8.04. The molecule has 2 rings (SSSR count). The summed E-state index contributed by atoms with van der Waals surface area (Å²) in [5.74, 6) is 0.616. The lowest BCUT2D eigenvalue weighted by molar-refractivity contribution is -0.0971. The van der Waals surface area contributed by atoms with Crippen LogP contribution in [0.1, 0.15) is 13.8 Å². The summed E-state index contributed by atoms with van der Waals surface area (Å²) in [5.41, 5.74) is 0.174. The van der Waals surface area contributed by atoms with Gasteiger partial charge in [0.05, 0.1) is 19.8 Å². The number of aliphatic imine (C=N–C) groups is 1. The topological polar surface area (TPSA) is 54.9 Å². The van der Waals surface area contributed by atoms with E-state index in [4.69, 9.17) is 9.47 Å². The van der Waals surface area contributed by atoms with Gasteiger partial charge < -0.3 is 20.1 Å². The molecule has 0 amide bonds. The maximum absolute atomic E-state index is 13.5. The Labute approximate surface area is 154 Å². The van der Waals surface area contributed by atoms with Gasteiger partial charge in [0, 0.05) is 19.0 Å². The summed E-state index contributed by atoms with van der Waals surface area (Å²) in [6.45, 7) is 6.92. The first-order chi connectivity index (χ1) is 10.5. The fraction of sp³-hybridized carbons (Fsp3) is 0.562. The summed E-state index contributed by atoms with van der Waals surface area (Å²) in [7, 11) is 1.72. The highest BCUT2D eigenvalue weighted by atomic mass is 127. The molecule has 1 aliphatic rings. The Hall–Kier alpha value is -1.09.